The van der Waals surface area contributed by atoms with Gasteiger partial charge in [-0.05, 0) is 6.08 Å². The Labute approximate surface area is 125 Å². The van der Waals surface area contributed by atoms with Crippen molar-refractivity contribution in [2.24, 2.45) is 28.1 Å². The Bertz CT molecular complexity index is 690. The van der Waals surface area contributed by atoms with Crippen LogP contribution in [0.15, 0.2) is 38.8 Å². The molecule has 0 saturated carbocycles. The van der Waals surface area contributed by atoms with E-state index in [0.717, 1.165) is 0 Å². The monoisotopic (exact) mass is 309 g/mol. The quantitative estimate of drug-likeness (QED) is 0.576. The molecule has 1 amide bonds. The number of halogens is 1. The van der Waals surface area contributed by atoms with Crippen molar-refractivity contribution in [2.75, 3.05) is 7.05 Å². The maximum absolute atomic E-state index is 12.3. The molecule has 0 bridgehead atoms. The normalized spacial score (nSPS) is 28.5. The fraction of sp³-hybridized carbons (Fsp3) is 0.250. The van der Waals surface area contributed by atoms with Crippen LogP contribution in [0.25, 0.3) is 0 Å². The van der Waals surface area contributed by atoms with Crippen LogP contribution in [0.1, 0.15) is 0 Å². The predicted octanol–water partition coefficient (Wildman–Crippen LogP) is -0.297. The van der Waals surface area contributed by atoms with Gasteiger partial charge in [0.2, 0.25) is 0 Å². The summed E-state index contributed by atoms with van der Waals surface area (Å²) in [6.45, 7) is 0. The number of thiocarbonyl (C=S) groups is 1. The number of carbonyl (C=O) groups is 1. The van der Waals surface area contributed by atoms with Crippen LogP contribution >= 0.6 is 23.8 Å². The zero-order valence-corrected chi connectivity index (χ0v) is 12.1. The number of allylic oxidation sites excluding steroid dienone is 1. The summed E-state index contributed by atoms with van der Waals surface area (Å²) in [6, 6.07) is -0.491. The number of dihydropyridines is 1. The van der Waals surface area contributed by atoms with Gasteiger partial charge in [-0.2, -0.15) is 0 Å². The van der Waals surface area contributed by atoms with Crippen LogP contribution in [0.2, 0.25) is 0 Å². The zero-order chi connectivity index (χ0) is 14.8. The van der Waals surface area contributed by atoms with Crippen LogP contribution in [-0.4, -0.2) is 34.6 Å². The molecule has 3 rings (SSSR count). The molecule has 104 valence electrons. The lowest BCUT2D eigenvalue weighted by molar-refractivity contribution is -0.122. The molecule has 2 aliphatic heterocycles. The Kier molecular flexibility index (Phi) is 2.67. The second-order valence-corrected chi connectivity index (χ2v) is 5.65. The van der Waals surface area contributed by atoms with Gasteiger partial charge in [0.15, 0.2) is 0 Å². The fourth-order valence-electron chi connectivity index (χ4n) is 2.80. The van der Waals surface area contributed by atoms with E-state index < -0.39 is 6.04 Å². The lowest BCUT2D eigenvalue weighted by Crippen LogP contribution is -2.38. The zero-order valence-electron chi connectivity index (χ0n) is 10.6. The summed E-state index contributed by atoms with van der Waals surface area (Å²) < 4.78 is 0. The molecule has 2 heterocycles. The van der Waals surface area contributed by atoms with Crippen LogP contribution in [0.4, 0.5) is 0 Å². The Hall–Kier alpha value is -1.86. The van der Waals surface area contributed by atoms with Gasteiger partial charge < -0.3 is 22.1 Å². The maximum Gasteiger partial charge on any atom is 0.254 e. The van der Waals surface area contributed by atoms with Crippen molar-refractivity contribution in [3.63, 3.8) is 0 Å². The molecule has 0 aromatic rings. The minimum absolute atomic E-state index is 0.117. The van der Waals surface area contributed by atoms with E-state index in [1.165, 1.54) is 4.90 Å². The van der Waals surface area contributed by atoms with Gasteiger partial charge in [-0.1, -0.05) is 23.8 Å². The minimum atomic E-state index is -0.491. The van der Waals surface area contributed by atoms with E-state index in [4.69, 9.17) is 41.0 Å². The van der Waals surface area contributed by atoms with Crippen LogP contribution in [0.5, 0.6) is 0 Å². The third-order valence-electron chi connectivity index (χ3n) is 3.77. The summed E-state index contributed by atoms with van der Waals surface area (Å²) in [4.78, 5) is 18.3. The second-order valence-electron chi connectivity index (χ2n) is 4.83. The van der Waals surface area contributed by atoms with E-state index in [2.05, 4.69) is 4.99 Å². The third kappa shape index (κ3) is 1.47. The molecule has 1 aliphatic carbocycles. The first-order valence-electron chi connectivity index (χ1n) is 5.87. The van der Waals surface area contributed by atoms with Crippen molar-refractivity contribution in [2.45, 2.75) is 6.04 Å². The number of hydrogen-bond donors (Lipinski definition) is 3. The summed E-state index contributed by atoms with van der Waals surface area (Å²) in [5.74, 6) is -0.478. The summed E-state index contributed by atoms with van der Waals surface area (Å²) in [6.07, 6.45) is 1.61. The number of nitrogens with two attached hydrogens (primary N) is 3. The van der Waals surface area contributed by atoms with Gasteiger partial charge in [-0.15, -0.1) is 0 Å². The van der Waals surface area contributed by atoms with Crippen molar-refractivity contribution in [1.82, 2.24) is 4.90 Å². The lowest BCUT2D eigenvalue weighted by Gasteiger charge is -2.31. The maximum atomic E-state index is 12.3. The average Bonchev–Trinajstić information content (AvgIpc) is 2.67. The molecule has 0 aromatic heterocycles. The number of likely N-dealkylation sites (N-methyl/N-ethyl adjacent to an activating group) is 1. The molecular formula is C12H12ClN5OS. The van der Waals surface area contributed by atoms with Crippen LogP contribution < -0.4 is 17.2 Å². The first-order chi connectivity index (χ1) is 9.34. The topological polar surface area (TPSA) is 111 Å². The highest BCUT2D eigenvalue weighted by molar-refractivity contribution is 7.82. The Morgan fingerprint density at radius 2 is 2.15 bits per heavy atom. The molecule has 3 aliphatic rings. The van der Waals surface area contributed by atoms with Crippen molar-refractivity contribution in [1.29, 1.82) is 0 Å². The van der Waals surface area contributed by atoms with Gasteiger partial charge in [0.25, 0.3) is 5.91 Å². The summed E-state index contributed by atoms with van der Waals surface area (Å²) >= 11 is 11.1. The molecule has 6 N–H and O–H groups in total. The largest absolute Gasteiger partial charge is 0.399 e. The average molecular weight is 310 g/mol. The van der Waals surface area contributed by atoms with Gasteiger partial charge in [-0.25, -0.2) is 0 Å². The Morgan fingerprint density at radius 3 is 2.75 bits per heavy atom. The van der Waals surface area contributed by atoms with Gasteiger partial charge in [0.05, 0.1) is 33.8 Å². The van der Waals surface area contributed by atoms with Crippen LogP contribution in [0, 0.1) is 5.92 Å². The molecule has 0 radical (unpaired) electrons. The standard InChI is InChI=1S/C12H12ClN5OS/c1-18-10-5-3(12(18)19)2-4(11(16)20)17-9(5)7(14)6(13)8(10)15/h2,5,9H,14-15H2,1H3,(H2,16,20). The minimum Gasteiger partial charge on any atom is -0.399 e. The first-order valence-corrected chi connectivity index (χ1v) is 6.65. The predicted molar refractivity (Wildman–Crippen MR) is 80.6 cm³/mol. The Balaban J connectivity index is 2.28. The fourth-order valence-corrected chi connectivity index (χ4v) is 3.12. The van der Waals surface area contributed by atoms with E-state index in [-0.39, 0.29) is 21.8 Å². The van der Waals surface area contributed by atoms with Gasteiger partial charge in [0.1, 0.15) is 11.0 Å². The molecule has 0 aromatic carbocycles. The summed E-state index contributed by atoms with van der Waals surface area (Å²) in [5, 5.41) is 0.232. The number of aliphatic imine (C=N–C) groups is 1. The van der Waals surface area contributed by atoms with Crippen molar-refractivity contribution >= 4 is 40.4 Å². The van der Waals surface area contributed by atoms with E-state index >= 15 is 0 Å². The molecular weight excluding hydrogens is 298 g/mol. The van der Waals surface area contributed by atoms with Crippen LogP contribution in [-0.2, 0) is 4.79 Å². The molecule has 0 spiro atoms. The summed E-state index contributed by atoms with van der Waals surface area (Å²) in [7, 11) is 1.65. The van der Waals surface area contributed by atoms with Crippen molar-refractivity contribution < 1.29 is 4.79 Å². The highest BCUT2D eigenvalue weighted by atomic mass is 35.5. The highest BCUT2D eigenvalue weighted by Crippen LogP contribution is 2.46. The first kappa shape index (κ1) is 13.1. The number of hydrogen-bond acceptors (Lipinski definition) is 5. The van der Waals surface area contributed by atoms with Crippen LogP contribution in [0.3, 0.4) is 0 Å². The smallest absolute Gasteiger partial charge is 0.254 e. The molecule has 1 fully saturated rings. The SMILES string of the molecule is CN1C(=O)C2=CC(C(N)=S)=NC3C(N)=C(Cl)C(N)=C1C23. The number of nitrogens with zero attached hydrogens (tertiary/aromatic N) is 2. The van der Waals surface area contributed by atoms with Gasteiger partial charge in [0, 0.05) is 12.6 Å². The molecule has 2 unspecified atom stereocenters. The van der Waals surface area contributed by atoms with E-state index in [9.17, 15) is 4.79 Å². The van der Waals surface area contributed by atoms with E-state index in [0.29, 0.717) is 28.4 Å². The van der Waals surface area contributed by atoms with Crippen molar-refractivity contribution in [3.05, 3.63) is 33.8 Å². The highest BCUT2D eigenvalue weighted by Gasteiger charge is 2.49. The number of rotatable bonds is 1. The van der Waals surface area contributed by atoms with Gasteiger partial charge >= 0.3 is 0 Å². The number of amides is 1. The number of carbonyl (C=O) groups excluding carboxylic acids is 1. The van der Waals surface area contributed by atoms with E-state index in [1.807, 2.05) is 0 Å². The van der Waals surface area contributed by atoms with Gasteiger partial charge in [-0.3, -0.25) is 9.79 Å². The second kappa shape index (κ2) is 4.07. The molecule has 2 atom stereocenters. The molecule has 1 saturated heterocycles. The molecule has 20 heavy (non-hydrogen) atoms. The lowest BCUT2D eigenvalue weighted by atomic mass is 9.82. The molecule has 8 heteroatoms. The molecule has 6 nitrogen and oxygen atoms in total. The third-order valence-corrected chi connectivity index (χ3v) is 4.40. The summed E-state index contributed by atoms with van der Waals surface area (Å²) in [5.41, 5.74) is 19.8. The Morgan fingerprint density at radius 1 is 1.50 bits per heavy atom. The van der Waals surface area contributed by atoms with Crippen molar-refractivity contribution in [3.8, 4) is 0 Å². The number of likely N-dealkylation sites (tertiary alicyclic amines) is 1. The van der Waals surface area contributed by atoms with E-state index in [1.54, 1.807) is 13.1 Å².